The summed E-state index contributed by atoms with van der Waals surface area (Å²) < 4.78 is 27.5. The molecule has 98 valence electrons. The lowest BCUT2D eigenvalue weighted by molar-refractivity contribution is 0.509. The zero-order valence-corrected chi connectivity index (χ0v) is 10.4. The van der Waals surface area contributed by atoms with Gasteiger partial charge in [-0.05, 0) is 29.8 Å². The Kier molecular flexibility index (Phi) is 3.35. The number of hydrogen-bond acceptors (Lipinski definition) is 3. The molecule has 7 heteroatoms. The maximum Gasteiger partial charge on any atom is 0.240 e. The Bertz CT molecular complexity index is 742. The summed E-state index contributed by atoms with van der Waals surface area (Å²) in [7, 11) is 0. The van der Waals surface area contributed by atoms with Gasteiger partial charge in [-0.3, -0.25) is 0 Å². The molecule has 0 spiro atoms. The van der Waals surface area contributed by atoms with E-state index in [0.717, 1.165) is 12.1 Å². The molecule has 0 aliphatic rings. The molecule has 0 fully saturated rings. The molecule has 0 amide bonds. The van der Waals surface area contributed by atoms with E-state index < -0.39 is 11.6 Å². The highest BCUT2D eigenvalue weighted by Crippen LogP contribution is 2.21. The zero-order valence-electron chi connectivity index (χ0n) is 9.55. The third kappa shape index (κ3) is 2.34. The molecule has 0 aliphatic carbocycles. The topological polar surface area (TPSA) is 56.2 Å². The van der Waals surface area contributed by atoms with Crippen LogP contribution in [0.25, 0.3) is 16.8 Å². The number of benzene rings is 1. The van der Waals surface area contributed by atoms with Gasteiger partial charge in [-0.1, -0.05) is 6.07 Å². The lowest BCUT2D eigenvalue weighted by atomic mass is 10.1. The van der Waals surface area contributed by atoms with E-state index in [2.05, 4.69) is 10.1 Å². The molecular formula is C12H9ClF2N4. The standard InChI is InChI=1S/C12H8F2N4.ClH/c13-9-3-1-7(5-10(9)14)8-2-4-11-16-12(15)17-18(11)6-8;/h1-6H,(H2,15,17);1H. The number of nitrogens with two attached hydrogens (primary N) is 1. The van der Waals surface area contributed by atoms with E-state index in [9.17, 15) is 8.78 Å². The van der Waals surface area contributed by atoms with Crippen LogP contribution in [0.5, 0.6) is 0 Å². The van der Waals surface area contributed by atoms with E-state index >= 15 is 0 Å². The van der Waals surface area contributed by atoms with Crippen LogP contribution in [0.15, 0.2) is 36.5 Å². The molecule has 0 atom stereocenters. The molecule has 4 nitrogen and oxygen atoms in total. The van der Waals surface area contributed by atoms with E-state index in [-0.39, 0.29) is 18.4 Å². The molecule has 3 rings (SSSR count). The van der Waals surface area contributed by atoms with Gasteiger partial charge in [-0.15, -0.1) is 17.5 Å². The summed E-state index contributed by atoms with van der Waals surface area (Å²) in [6.07, 6.45) is 1.66. The number of fused-ring (bicyclic) bond motifs is 1. The van der Waals surface area contributed by atoms with Crippen molar-refractivity contribution in [3.8, 4) is 11.1 Å². The summed E-state index contributed by atoms with van der Waals surface area (Å²) in [5.41, 5.74) is 7.33. The number of nitrogens with zero attached hydrogens (tertiary/aromatic N) is 3. The molecule has 19 heavy (non-hydrogen) atoms. The Morgan fingerprint density at radius 3 is 2.47 bits per heavy atom. The normalized spacial score (nSPS) is 10.4. The van der Waals surface area contributed by atoms with Gasteiger partial charge in [0.2, 0.25) is 5.95 Å². The lowest BCUT2D eigenvalue weighted by Gasteiger charge is -2.02. The van der Waals surface area contributed by atoms with Gasteiger partial charge in [-0.25, -0.2) is 13.3 Å². The van der Waals surface area contributed by atoms with E-state index in [1.807, 2.05) is 0 Å². The molecule has 0 saturated carbocycles. The van der Waals surface area contributed by atoms with Crippen molar-refractivity contribution in [3.63, 3.8) is 0 Å². The Balaban J connectivity index is 0.00000133. The van der Waals surface area contributed by atoms with E-state index in [1.54, 1.807) is 18.3 Å². The van der Waals surface area contributed by atoms with Crippen molar-refractivity contribution < 1.29 is 8.78 Å². The van der Waals surface area contributed by atoms with Crippen molar-refractivity contribution in [1.82, 2.24) is 14.6 Å². The van der Waals surface area contributed by atoms with Crippen LogP contribution < -0.4 is 5.73 Å². The van der Waals surface area contributed by atoms with Gasteiger partial charge in [-0.2, -0.15) is 4.98 Å². The SMILES string of the molecule is Cl.Nc1nc2ccc(-c3ccc(F)c(F)c3)cn2n1. The fraction of sp³-hybridized carbons (Fsp3) is 0. The molecule has 0 radical (unpaired) electrons. The smallest absolute Gasteiger partial charge is 0.240 e. The Labute approximate surface area is 113 Å². The number of anilines is 1. The predicted molar refractivity (Wildman–Crippen MR) is 70.0 cm³/mol. The molecule has 1 aromatic carbocycles. The third-order valence-electron chi connectivity index (χ3n) is 2.60. The first-order valence-corrected chi connectivity index (χ1v) is 5.21. The van der Waals surface area contributed by atoms with Gasteiger partial charge >= 0.3 is 0 Å². The summed E-state index contributed by atoms with van der Waals surface area (Å²) in [6.45, 7) is 0. The maximum atomic E-state index is 13.2. The number of rotatable bonds is 1. The predicted octanol–water partition coefficient (Wildman–Crippen LogP) is 2.68. The second kappa shape index (κ2) is 4.81. The van der Waals surface area contributed by atoms with Crippen molar-refractivity contribution in [2.45, 2.75) is 0 Å². The Morgan fingerprint density at radius 1 is 1.00 bits per heavy atom. The summed E-state index contributed by atoms with van der Waals surface area (Å²) in [5, 5.41) is 3.95. The van der Waals surface area contributed by atoms with Crippen LogP contribution in [0.1, 0.15) is 0 Å². The van der Waals surface area contributed by atoms with Gasteiger partial charge in [0.1, 0.15) is 0 Å². The Hall–Kier alpha value is -2.21. The first kappa shape index (κ1) is 13.2. The van der Waals surface area contributed by atoms with Crippen LogP contribution >= 0.6 is 12.4 Å². The molecule has 2 aromatic heterocycles. The van der Waals surface area contributed by atoms with E-state index in [4.69, 9.17) is 5.73 Å². The average molecular weight is 283 g/mol. The largest absolute Gasteiger partial charge is 0.366 e. The second-order valence-corrected chi connectivity index (χ2v) is 3.82. The van der Waals surface area contributed by atoms with Gasteiger partial charge < -0.3 is 5.73 Å². The quantitative estimate of drug-likeness (QED) is 0.746. The zero-order chi connectivity index (χ0) is 12.7. The summed E-state index contributed by atoms with van der Waals surface area (Å²) >= 11 is 0. The summed E-state index contributed by atoms with van der Waals surface area (Å²) in [5.74, 6) is -1.59. The lowest BCUT2D eigenvalue weighted by Crippen LogP contribution is -1.91. The molecule has 0 aliphatic heterocycles. The first-order chi connectivity index (χ1) is 8.63. The number of nitrogen functional groups attached to an aromatic ring is 1. The van der Waals surface area contributed by atoms with Crippen LogP contribution in [-0.2, 0) is 0 Å². The fourth-order valence-electron chi connectivity index (χ4n) is 1.75. The number of hydrogen-bond donors (Lipinski definition) is 1. The van der Waals surface area contributed by atoms with Gasteiger partial charge in [0.25, 0.3) is 0 Å². The van der Waals surface area contributed by atoms with Crippen molar-refractivity contribution in [2.75, 3.05) is 5.73 Å². The van der Waals surface area contributed by atoms with Crippen molar-refractivity contribution >= 4 is 24.0 Å². The molecule has 3 aromatic rings. The molecular weight excluding hydrogens is 274 g/mol. The van der Waals surface area contributed by atoms with Crippen LogP contribution in [0, 0.1) is 11.6 Å². The van der Waals surface area contributed by atoms with Crippen molar-refractivity contribution in [3.05, 3.63) is 48.2 Å². The van der Waals surface area contributed by atoms with Crippen molar-refractivity contribution in [2.24, 2.45) is 0 Å². The molecule has 2 heterocycles. The number of aromatic nitrogens is 3. The average Bonchev–Trinajstić information content (AvgIpc) is 2.71. The monoisotopic (exact) mass is 282 g/mol. The highest BCUT2D eigenvalue weighted by molar-refractivity contribution is 5.85. The van der Waals surface area contributed by atoms with Crippen LogP contribution in [0.2, 0.25) is 0 Å². The van der Waals surface area contributed by atoms with Gasteiger partial charge in [0.05, 0.1) is 0 Å². The van der Waals surface area contributed by atoms with Crippen molar-refractivity contribution in [1.29, 1.82) is 0 Å². The summed E-state index contributed by atoms with van der Waals surface area (Å²) in [6, 6.07) is 7.18. The van der Waals surface area contributed by atoms with Gasteiger partial charge in [0, 0.05) is 11.8 Å². The van der Waals surface area contributed by atoms with E-state index in [1.165, 1.54) is 10.6 Å². The second-order valence-electron chi connectivity index (χ2n) is 3.82. The minimum absolute atomic E-state index is 0. The Morgan fingerprint density at radius 2 is 1.74 bits per heavy atom. The third-order valence-corrected chi connectivity index (χ3v) is 2.60. The van der Waals surface area contributed by atoms with Crippen LogP contribution in [0.4, 0.5) is 14.7 Å². The minimum Gasteiger partial charge on any atom is -0.366 e. The highest BCUT2D eigenvalue weighted by Gasteiger charge is 2.06. The molecule has 0 saturated heterocycles. The van der Waals surface area contributed by atoms with E-state index in [0.29, 0.717) is 16.8 Å². The first-order valence-electron chi connectivity index (χ1n) is 5.21. The van der Waals surface area contributed by atoms with Crippen LogP contribution in [-0.4, -0.2) is 14.6 Å². The molecule has 0 unspecified atom stereocenters. The van der Waals surface area contributed by atoms with Crippen LogP contribution in [0.3, 0.4) is 0 Å². The molecule has 2 N–H and O–H groups in total. The van der Waals surface area contributed by atoms with Gasteiger partial charge in [0.15, 0.2) is 17.3 Å². The minimum atomic E-state index is -0.884. The number of halogens is 3. The number of pyridine rings is 1. The fourth-order valence-corrected chi connectivity index (χ4v) is 1.75. The highest BCUT2D eigenvalue weighted by atomic mass is 35.5. The summed E-state index contributed by atoms with van der Waals surface area (Å²) in [4.78, 5) is 3.98. The molecule has 0 bridgehead atoms. The maximum absolute atomic E-state index is 13.2.